The number of benzene rings is 1. The minimum Gasteiger partial charge on any atom is -0.377 e. The number of aliphatic imine (C=N–C) groups is 1. The lowest BCUT2D eigenvalue weighted by Crippen LogP contribution is -2.39. The summed E-state index contributed by atoms with van der Waals surface area (Å²) in [6.07, 6.45) is 2.46. The third-order valence-corrected chi connectivity index (χ3v) is 3.58. The smallest absolute Gasteiger partial charge is 0.191 e. The Morgan fingerprint density at radius 1 is 1.38 bits per heavy atom. The molecule has 1 aliphatic rings. The average Bonchev–Trinajstić information content (AvgIpc) is 3.07. The highest BCUT2D eigenvalue weighted by Gasteiger charge is 2.14. The summed E-state index contributed by atoms with van der Waals surface area (Å²) in [4.78, 5) is 4.39. The van der Waals surface area contributed by atoms with Gasteiger partial charge in [-0.3, -0.25) is 0 Å². The zero-order chi connectivity index (χ0) is 16.3. The highest BCUT2D eigenvalue weighted by Crippen LogP contribution is 2.11. The van der Waals surface area contributed by atoms with Crippen LogP contribution in [-0.4, -0.2) is 45.0 Å². The number of ether oxygens (including phenoxy) is 2. The normalized spacial score (nSPS) is 17.4. The van der Waals surface area contributed by atoms with Crippen LogP contribution in [-0.2, 0) is 16.0 Å². The monoisotopic (exact) mass is 451 g/mol. The first-order valence-electron chi connectivity index (χ1n) is 8.24. The standard InChI is InChI=1S/C17H26FN3O2.HI/c1-2-19-17(21-12-14-6-3-4-8-16(14)18)20-9-11-22-13-15-7-5-10-23-15;/h3-4,6,8,15H,2,5,7,9-13H2,1H3,(H2,19,20,21);1H. The first-order chi connectivity index (χ1) is 11.3. The molecule has 1 fully saturated rings. The van der Waals surface area contributed by atoms with E-state index in [0.29, 0.717) is 37.8 Å². The van der Waals surface area contributed by atoms with Gasteiger partial charge in [0.2, 0.25) is 0 Å². The van der Waals surface area contributed by atoms with E-state index in [9.17, 15) is 4.39 Å². The molecule has 0 aromatic heterocycles. The minimum atomic E-state index is -0.230. The van der Waals surface area contributed by atoms with E-state index in [-0.39, 0.29) is 35.9 Å². The van der Waals surface area contributed by atoms with E-state index in [1.165, 1.54) is 6.07 Å². The number of nitrogens with zero attached hydrogens (tertiary/aromatic N) is 1. The molecule has 1 aliphatic heterocycles. The van der Waals surface area contributed by atoms with Crippen LogP contribution >= 0.6 is 24.0 Å². The zero-order valence-corrected chi connectivity index (χ0v) is 16.4. The molecular weight excluding hydrogens is 424 g/mol. The van der Waals surface area contributed by atoms with Crippen molar-refractivity contribution in [1.82, 2.24) is 10.6 Å². The Balaban J connectivity index is 0.00000288. The van der Waals surface area contributed by atoms with Crippen molar-refractivity contribution in [2.24, 2.45) is 4.99 Å². The van der Waals surface area contributed by atoms with Crippen LogP contribution in [0.3, 0.4) is 0 Å². The zero-order valence-electron chi connectivity index (χ0n) is 14.1. The van der Waals surface area contributed by atoms with Crippen molar-refractivity contribution in [2.45, 2.75) is 32.4 Å². The first-order valence-corrected chi connectivity index (χ1v) is 8.24. The maximum atomic E-state index is 13.6. The van der Waals surface area contributed by atoms with Gasteiger partial charge in [-0.1, -0.05) is 18.2 Å². The van der Waals surface area contributed by atoms with Gasteiger partial charge in [-0.25, -0.2) is 9.38 Å². The summed E-state index contributed by atoms with van der Waals surface area (Å²) in [5.74, 6) is 0.434. The molecule has 0 radical (unpaired) electrons. The second kappa shape index (κ2) is 12.4. The third kappa shape index (κ3) is 7.76. The SMILES string of the molecule is CCNC(=NCc1ccccc1F)NCCOCC1CCCO1.I. The van der Waals surface area contributed by atoms with Gasteiger partial charge in [0.25, 0.3) is 0 Å². The number of guanidine groups is 1. The van der Waals surface area contributed by atoms with Crippen LogP contribution in [0.15, 0.2) is 29.3 Å². The lowest BCUT2D eigenvalue weighted by atomic mass is 10.2. The van der Waals surface area contributed by atoms with Gasteiger partial charge < -0.3 is 20.1 Å². The van der Waals surface area contributed by atoms with Crippen LogP contribution < -0.4 is 10.6 Å². The summed E-state index contributed by atoms with van der Waals surface area (Å²) in [5.41, 5.74) is 0.583. The maximum absolute atomic E-state index is 13.6. The summed E-state index contributed by atoms with van der Waals surface area (Å²) >= 11 is 0. The van der Waals surface area contributed by atoms with Crippen molar-refractivity contribution in [3.63, 3.8) is 0 Å². The van der Waals surface area contributed by atoms with Crippen LogP contribution in [0.2, 0.25) is 0 Å². The summed E-state index contributed by atoms with van der Waals surface area (Å²) in [6.45, 7) is 5.77. The Kier molecular flexibility index (Phi) is 10.9. The van der Waals surface area contributed by atoms with E-state index in [1.807, 2.05) is 13.0 Å². The molecule has 1 saturated heterocycles. The van der Waals surface area contributed by atoms with Crippen LogP contribution in [0.1, 0.15) is 25.3 Å². The van der Waals surface area contributed by atoms with Gasteiger partial charge in [0, 0.05) is 25.3 Å². The number of halogens is 2. The lowest BCUT2D eigenvalue weighted by molar-refractivity contribution is 0.0191. The van der Waals surface area contributed by atoms with Gasteiger partial charge in [0.05, 0.1) is 25.9 Å². The molecule has 24 heavy (non-hydrogen) atoms. The van der Waals surface area contributed by atoms with Crippen LogP contribution in [0.4, 0.5) is 4.39 Å². The molecular formula is C17H27FIN3O2. The van der Waals surface area contributed by atoms with Crippen LogP contribution in [0, 0.1) is 5.82 Å². The van der Waals surface area contributed by atoms with Crippen LogP contribution in [0.5, 0.6) is 0 Å². The molecule has 5 nitrogen and oxygen atoms in total. The molecule has 0 saturated carbocycles. The van der Waals surface area contributed by atoms with E-state index in [1.54, 1.807) is 12.1 Å². The second-order valence-corrected chi connectivity index (χ2v) is 5.42. The molecule has 1 atom stereocenters. The Morgan fingerprint density at radius 2 is 2.21 bits per heavy atom. The van der Waals surface area contributed by atoms with E-state index in [2.05, 4.69) is 15.6 Å². The van der Waals surface area contributed by atoms with E-state index < -0.39 is 0 Å². The van der Waals surface area contributed by atoms with Crippen molar-refractivity contribution < 1.29 is 13.9 Å². The fourth-order valence-corrected chi connectivity index (χ4v) is 2.36. The molecule has 0 spiro atoms. The lowest BCUT2D eigenvalue weighted by Gasteiger charge is -2.13. The van der Waals surface area contributed by atoms with Crippen molar-refractivity contribution in [2.75, 3.05) is 32.9 Å². The van der Waals surface area contributed by atoms with Gasteiger partial charge >= 0.3 is 0 Å². The quantitative estimate of drug-likeness (QED) is 0.276. The van der Waals surface area contributed by atoms with Gasteiger partial charge in [0.15, 0.2) is 5.96 Å². The molecule has 1 heterocycles. The number of hydrogen-bond donors (Lipinski definition) is 2. The van der Waals surface area contributed by atoms with Gasteiger partial charge in [-0.2, -0.15) is 0 Å². The van der Waals surface area contributed by atoms with Crippen molar-refractivity contribution in [1.29, 1.82) is 0 Å². The third-order valence-electron chi connectivity index (χ3n) is 3.58. The highest BCUT2D eigenvalue weighted by molar-refractivity contribution is 14.0. The van der Waals surface area contributed by atoms with E-state index >= 15 is 0 Å². The fraction of sp³-hybridized carbons (Fsp3) is 0.588. The number of rotatable bonds is 8. The predicted molar refractivity (Wildman–Crippen MR) is 104 cm³/mol. The molecule has 136 valence electrons. The molecule has 1 aromatic carbocycles. The average molecular weight is 451 g/mol. The molecule has 1 unspecified atom stereocenters. The van der Waals surface area contributed by atoms with Gasteiger partial charge in [-0.15, -0.1) is 24.0 Å². The molecule has 2 rings (SSSR count). The fourth-order valence-electron chi connectivity index (χ4n) is 2.36. The molecule has 0 amide bonds. The minimum absolute atomic E-state index is 0. The molecule has 1 aromatic rings. The topological polar surface area (TPSA) is 54.9 Å². The summed E-state index contributed by atoms with van der Waals surface area (Å²) < 4.78 is 24.7. The van der Waals surface area contributed by atoms with Gasteiger partial charge in [-0.05, 0) is 25.8 Å². The number of nitrogens with one attached hydrogen (secondary N) is 2. The Hall–Kier alpha value is -0.930. The second-order valence-electron chi connectivity index (χ2n) is 5.42. The Morgan fingerprint density at radius 3 is 2.92 bits per heavy atom. The highest BCUT2D eigenvalue weighted by atomic mass is 127. The first kappa shape index (κ1) is 21.1. The summed E-state index contributed by atoms with van der Waals surface area (Å²) in [5, 5.41) is 6.33. The predicted octanol–water partition coefficient (Wildman–Crippen LogP) is 2.69. The summed E-state index contributed by atoms with van der Waals surface area (Å²) in [6, 6.07) is 6.68. The molecule has 0 aliphatic carbocycles. The van der Waals surface area contributed by atoms with Crippen LogP contribution in [0.25, 0.3) is 0 Å². The molecule has 7 heteroatoms. The number of hydrogen-bond acceptors (Lipinski definition) is 3. The van der Waals surface area contributed by atoms with Crippen molar-refractivity contribution >= 4 is 29.9 Å². The Labute approximate surface area is 160 Å². The van der Waals surface area contributed by atoms with Crippen molar-refractivity contribution in [3.8, 4) is 0 Å². The van der Waals surface area contributed by atoms with Crippen molar-refractivity contribution in [3.05, 3.63) is 35.6 Å². The van der Waals surface area contributed by atoms with E-state index in [0.717, 1.165) is 26.0 Å². The Bertz CT molecular complexity index is 496. The van der Waals surface area contributed by atoms with Gasteiger partial charge in [0.1, 0.15) is 5.82 Å². The summed E-state index contributed by atoms with van der Waals surface area (Å²) in [7, 11) is 0. The van der Waals surface area contributed by atoms with E-state index in [4.69, 9.17) is 9.47 Å². The molecule has 2 N–H and O–H groups in total. The largest absolute Gasteiger partial charge is 0.377 e. The maximum Gasteiger partial charge on any atom is 0.191 e. The molecule has 0 bridgehead atoms.